The lowest BCUT2D eigenvalue weighted by atomic mass is 10.2. The van der Waals surface area contributed by atoms with Crippen LogP contribution in [-0.2, 0) is 6.54 Å². The van der Waals surface area contributed by atoms with E-state index in [1.807, 2.05) is 18.4 Å². The van der Waals surface area contributed by atoms with Gasteiger partial charge in [-0.15, -0.1) is 0 Å². The minimum absolute atomic E-state index is 0.0153. The summed E-state index contributed by atoms with van der Waals surface area (Å²) in [5.74, 6) is 0.695. The molecule has 0 saturated heterocycles. The fraction of sp³-hybridized carbons (Fsp3) is 0.375. The second-order valence-electron chi connectivity index (χ2n) is 5.65. The molecule has 2 N–H and O–H groups in total. The summed E-state index contributed by atoms with van der Waals surface area (Å²) in [6.07, 6.45) is 1.70. The van der Waals surface area contributed by atoms with Crippen LogP contribution in [0, 0.1) is 10.1 Å². The number of nitrogens with zero attached hydrogens (tertiary/aromatic N) is 3. The number of thioether (sulfide) groups is 1. The lowest BCUT2D eigenvalue weighted by Crippen LogP contribution is -2.22. The highest BCUT2D eigenvalue weighted by Crippen LogP contribution is 2.27. The van der Waals surface area contributed by atoms with Crippen LogP contribution < -0.4 is 5.32 Å². The predicted molar refractivity (Wildman–Crippen MR) is 97.2 cm³/mol. The zero-order valence-electron chi connectivity index (χ0n) is 14.1. The van der Waals surface area contributed by atoms with Crippen molar-refractivity contribution in [3.05, 3.63) is 40.0 Å². The third-order valence-electron chi connectivity index (χ3n) is 3.42. The number of nitro groups is 1. The van der Waals surface area contributed by atoms with Crippen molar-refractivity contribution in [2.45, 2.75) is 32.0 Å². The Kier molecular flexibility index (Phi) is 6.40. The van der Waals surface area contributed by atoms with Crippen LogP contribution in [0.25, 0.3) is 11.0 Å². The first kappa shape index (κ1) is 18.8. The van der Waals surface area contributed by atoms with Gasteiger partial charge < -0.3 is 15.0 Å². The van der Waals surface area contributed by atoms with E-state index in [0.29, 0.717) is 30.8 Å². The first-order valence-electron chi connectivity index (χ1n) is 7.76. The monoisotopic (exact) mass is 364 g/mol. The van der Waals surface area contributed by atoms with E-state index in [2.05, 4.69) is 16.4 Å². The number of imidazole rings is 1. The van der Waals surface area contributed by atoms with Crippen LogP contribution in [0.3, 0.4) is 0 Å². The Morgan fingerprint density at radius 1 is 1.48 bits per heavy atom. The number of amides is 1. The molecule has 0 bridgehead atoms. The minimum Gasteiger partial charge on any atom is -0.465 e. The van der Waals surface area contributed by atoms with Gasteiger partial charge in [-0.1, -0.05) is 23.4 Å². The Labute approximate surface area is 149 Å². The second kappa shape index (κ2) is 8.52. The number of benzene rings is 1. The zero-order chi connectivity index (χ0) is 18.4. The van der Waals surface area contributed by atoms with Gasteiger partial charge in [-0.05, 0) is 26.3 Å². The summed E-state index contributed by atoms with van der Waals surface area (Å²) in [5, 5.41) is 22.6. The fourth-order valence-corrected chi connectivity index (χ4v) is 3.16. The molecular formula is C16H20N4O4S. The molecule has 0 unspecified atom stereocenters. The summed E-state index contributed by atoms with van der Waals surface area (Å²) in [6.45, 7) is 5.02. The van der Waals surface area contributed by atoms with Crippen LogP contribution >= 0.6 is 11.8 Å². The van der Waals surface area contributed by atoms with Crippen molar-refractivity contribution in [3.8, 4) is 0 Å². The van der Waals surface area contributed by atoms with Crippen LogP contribution in [0.1, 0.15) is 20.3 Å². The standard InChI is InChI=1S/C16H20N4O4S/c1-11(2)6-8-19-14-5-4-12(20(23)24)10-13(14)18-15(19)25-9-3-7-17-16(21)22/h4-6,10,17H,3,7-9H2,1-2H3,(H,21,22). The number of hydrogen-bond donors (Lipinski definition) is 2. The number of rotatable bonds is 8. The summed E-state index contributed by atoms with van der Waals surface area (Å²) in [6, 6.07) is 4.67. The van der Waals surface area contributed by atoms with Gasteiger partial charge in [-0.2, -0.15) is 0 Å². The van der Waals surface area contributed by atoms with Crippen LogP contribution in [0.4, 0.5) is 10.5 Å². The third-order valence-corrected chi connectivity index (χ3v) is 4.48. The maximum absolute atomic E-state index is 11.0. The van der Waals surface area contributed by atoms with E-state index in [-0.39, 0.29) is 5.69 Å². The molecule has 9 heteroatoms. The average molecular weight is 364 g/mol. The van der Waals surface area contributed by atoms with Gasteiger partial charge in [0.1, 0.15) is 0 Å². The van der Waals surface area contributed by atoms with Crippen molar-refractivity contribution in [3.63, 3.8) is 0 Å². The van der Waals surface area contributed by atoms with Crippen molar-refractivity contribution in [2.75, 3.05) is 12.3 Å². The van der Waals surface area contributed by atoms with Gasteiger partial charge in [0.15, 0.2) is 5.16 Å². The maximum atomic E-state index is 11.0. The number of aromatic nitrogens is 2. The Bertz CT molecular complexity index is 812. The summed E-state index contributed by atoms with van der Waals surface area (Å²) >= 11 is 1.51. The van der Waals surface area contributed by atoms with E-state index >= 15 is 0 Å². The Morgan fingerprint density at radius 3 is 2.88 bits per heavy atom. The lowest BCUT2D eigenvalue weighted by molar-refractivity contribution is -0.384. The topological polar surface area (TPSA) is 110 Å². The van der Waals surface area contributed by atoms with E-state index < -0.39 is 11.0 Å². The van der Waals surface area contributed by atoms with Crippen LogP contribution in [0.15, 0.2) is 35.0 Å². The Morgan fingerprint density at radius 2 is 2.24 bits per heavy atom. The van der Waals surface area contributed by atoms with Crippen LogP contribution in [0.5, 0.6) is 0 Å². The molecule has 1 aromatic carbocycles. The molecule has 134 valence electrons. The number of nitrogens with one attached hydrogen (secondary N) is 1. The molecule has 0 aliphatic rings. The van der Waals surface area contributed by atoms with E-state index in [0.717, 1.165) is 10.7 Å². The number of non-ortho nitro benzene ring substituents is 1. The maximum Gasteiger partial charge on any atom is 0.404 e. The number of allylic oxidation sites excluding steroid dienone is 2. The number of fused-ring (bicyclic) bond motifs is 1. The first-order chi connectivity index (χ1) is 11.9. The average Bonchev–Trinajstić information content (AvgIpc) is 2.88. The molecule has 0 saturated carbocycles. The van der Waals surface area contributed by atoms with Crippen molar-refractivity contribution < 1.29 is 14.8 Å². The number of carbonyl (C=O) groups is 1. The molecule has 0 spiro atoms. The molecule has 0 fully saturated rings. The van der Waals surface area contributed by atoms with Crippen molar-refractivity contribution in [1.29, 1.82) is 0 Å². The molecule has 0 radical (unpaired) electrons. The number of nitro benzene ring substituents is 1. The quantitative estimate of drug-likeness (QED) is 0.243. The highest BCUT2D eigenvalue weighted by molar-refractivity contribution is 7.99. The minimum atomic E-state index is -1.03. The van der Waals surface area contributed by atoms with Gasteiger partial charge in [0, 0.05) is 31.0 Å². The number of carboxylic acid groups (broad SMARTS) is 1. The Balaban J connectivity index is 2.22. The Hall–Kier alpha value is -2.55. The second-order valence-corrected chi connectivity index (χ2v) is 6.71. The van der Waals surface area contributed by atoms with Crippen molar-refractivity contribution in [1.82, 2.24) is 14.9 Å². The van der Waals surface area contributed by atoms with Crippen LogP contribution in [0.2, 0.25) is 0 Å². The highest BCUT2D eigenvalue weighted by Gasteiger charge is 2.14. The summed E-state index contributed by atoms with van der Waals surface area (Å²) in [5.41, 5.74) is 2.61. The van der Waals surface area contributed by atoms with E-state index in [4.69, 9.17) is 5.11 Å². The molecule has 2 aromatic rings. The fourth-order valence-electron chi connectivity index (χ4n) is 2.20. The zero-order valence-corrected chi connectivity index (χ0v) is 14.9. The number of hydrogen-bond acceptors (Lipinski definition) is 5. The normalized spacial score (nSPS) is 10.6. The summed E-state index contributed by atoms with van der Waals surface area (Å²) in [4.78, 5) is 25.5. The van der Waals surface area contributed by atoms with E-state index in [9.17, 15) is 14.9 Å². The first-order valence-corrected chi connectivity index (χ1v) is 8.74. The molecule has 25 heavy (non-hydrogen) atoms. The van der Waals surface area contributed by atoms with Gasteiger partial charge >= 0.3 is 6.09 Å². The summed E-state index contributed by atoms with van der Waals surface area (Å²) < 4.78 is 2.02. The lowest BCUT2D eigenvalue weighted by Gasteiger charge is -2.07. The molecule has 0 aliphatic carbocycles. The smallest absolute Gasteiger partial charge is 0.404 e. The van der Waals surface area contributed by atoms with Crippen molar-refractivity contribution >= 4 is 34.6 Å². The predicted octanol–water partition coefficient (Wildman–Crippen LogP) is 3.66. The largest absolute Gasteiger partial charge is 0.465 e. The summed E-state index contributed by atoms with van der Waals surface area (Å²) in [7, 11) is 0. The van der Waals surface area contributed by atoms with E-state index in [1.54, 1.807) is 6.07 Å². The van der Waals surface area contributed by atoms with Gasteiger partial charge in [0.2, 0.25) is 0 Å². The molecule has 0 atom stereocenters. The SMILES string of the molecule is CC(C)=CCn1c(SCCCNC(=O)O)nc2cc([N+](=O)[O-])ccc21. The van der Waals surface area contributed by atoms with Gasteiger partial charge in [0.25, 0.3) is 5.69 Å². The van der Waals surface area contributed by atoms with E-state index in [1.165, 1.54) is 29.5 Å². The molecule has 0 aliphatic heterocycles. The molecule has 8 nitrogen and oxygen atoms in total. The molecule has 2 rings (SSSR count). The molecule has 1 amide bonds. The van der Waals surface area contributed by atoms with Gasteiger partial charge in [-0.3, -0.25) is 10.1 Å². The van der Waals surface area contributed by atoms with Crippen molar-refractivity contribution in [2.24, 2.45) is 0 Å². The third kappa shape index (κ3) is 5.21. The molecule has 1 aromatic heterocycles. The highest BCUT2D eigenvalue weighted by atomic mass is 32.2. The molecule has 1 heterocycles. The van der Waals surface area contributed by atoms with Crippen LogP contribution in [-0.4, -0.2) is 38.0 Å². The van der Waals surface area contributed by atoms with Gasteiger partial charge in [-0.25, -0.2) is 9.78 Å². The van der Waals surface area contributed by atoms with Gasteiger partial charge in [0.05, 0.1) is 16.0 Å². The molecular weight excluding hydrogens is 344 g/mol.